The second-order valence-electron chi connectivity index (χ2n) is 8.76. The molecule has 1 aromatic carbocycles. The Kier molecular flexibility index (Phi) is 7.63. The molecule has 1 saturated heterocycles. The van der Waals surface area contributed by atoms with Crippen LogP contribution in [-0.2, 0) is 21.2 Å². The monoisotopic (exact) mass is 547 g/mol. The summed E-state index contributed by atoms with van der Waals surface area (Å²) in [7, 11) is -1.61. The van der Waals surface area contributed by atoms with Crippen molar-refractivity contribution in [3.8, 4) is 11.8 Å². The average molecular weight is 548 g/mol. The van der Waals surface area contributed by atoms with Crippen LogP contribution in [0.2, 0.25) is 0 Å². The number of nitrogens with zero attached hydrogens (tertiary/aromatic N) is 2. The molecule has 1 aliphatic rings. The van der Waals surface area contributed by atoms with Gasteiger partial charge in [0.2, 0.25) is 0 Å². The van der Waals surface area contributed by atoms with E-state index in [2.05, 4.69) is 32.8 Å². The van der Waals surface area contributed by atoms with Crippen LogP contribution >= 0.6 is 0 Å². The number of alkyl halides is 3. The zero-order chi connectivity index (χ0) is 27.5. The van der Waals surface area contributed by atoms with E-state index in [1.807, 2.05) is 0 Å². The maximum absolute atomic E-state index is 13.4. The number of pyridine rings is 1. The number of fused-ring (bicyclic) bond motifs is 1. The van der Waals surface area contributed by atoms with Gasteiger partial charge >= 0.3 is 12.1 Å². The van der Waals surface area contributed by atoms with Crippen LogP contribution in [0.3, 0.4) is 0 Å². The van der Waals surface area contributed by atoms with Crippen LogP contribution in [0, 0.1) is 11.8 Å². The van der Waals surface area contributed by atoms with Gasteiger partial charge in [-0.2, -0.15) is 13.2 Å². The first kappa shape index (κ1) is 27.0. The smallest absolute Gasteiger partial charge is 0.382 e. The lowest BCUT2D eigenvalue weighted by atomic mass is 10.1. The number of carbonyl (C=O) groups excluding carboxylic acids is 2. The van der Waals surface area contributed by atoms with Gasteiger partial charge in [-0.15, -0.1) is 0 Å². The van der Waals surface area contributed by atoms with Crippen LogP contribution in [-0.4, -0.2) is 60.6 Å². The molecule has 38 heavy (non-hydrogen) atoms. The molecule has 0 bridgehead atoms. The molecule has 13 heteroatoms. The summed E-state index contributed by atoms with van der Waals surface area (Å²) in [4.78, 5) is 27.9. The van der Waals surface area contributed by atoms with Gasteiger partial charge in [0.05, 0.1) is 34.6 Å². The molecule has 1 fully saturated rings. The van der Waals surface area contributed by atoms with Gasteiger partial charge in [-0.05, 0) is 49.1 Å². The summed E-state index contributed by atoms with van der Waals surface area (Å²) in [6.45, 7) is -1.31. The van der Waals surface area contributed by atoms with Crippen LogP contribution < -0.4 is 16.0 Å². The number of halogens is 3. The van der Waals surface area contributed by atoms with Crippen LogP contribution in [0.1, 0.15) is 29.0 Å². The second kappa shape index (κ2) is 10.7. The first-order valence-corrected chi connectivity index (χ1v) is 13.4. The predicted octanol–water partition coefficient (Wildman–Crippen LogP) is 2.94. The number of sulfone groups is 1. The van der Waals surface area contributed by atoms with E-state index in [-0.39, 0.29) is 40.1 Å². The van der Waals surface area contributed by atoms with E-state index in [1.165, 1.54) is 37.5 Å². The molecule has 2 amide bonds. The first-order chi connectivity index (χ1) is 17.9. The molecule has 0 atom stereocenters. The van der Waals surface area contributed by atoms with Gasteiger partial charge in [0.1, 0.15) is 22.1 Å². The number of anilines is 2. The van der Waals surface area contributed by atoms with Gasteiger partial charge in [0.15, 0.2) is 0 Å². The Morgan fingerprint density at radius 2 is 1.89 bits per heavy atom. The SMILES string of the molecule is CNC(=O)c1ccc(NC(=O)C#Cc2cc3c(NC4CCS(=O)(=O)CC4)cccc3n2CC(F)(F)F)cn1. The minimum atomic E-state index is -4.54. The van der Waals surface area contributed by atoms with E-state index in [4.69, 9.17) is 0 Å². The highest BCUT2D eigenvalue weighted by atomic mass is 32.2. The highest BCUT2D eigenvalue weighted by molar-refractivity contribution is 7.91. The molecule has 200 valence electrons. The lowest BCUT2D eigenvalue weighted by molar-refractivity contribution is -0.140. The van der Waals surface area contributed by atoms with Gasteiger partial charge in [-0.1, -0.05) is 6.07 Å². The number of rotatable bonds is 5. The third kappa shape index (κ3) is 6.63. The normalized spacial score (nSPS) is 15.4. The van der Waals surface area contributed by atoms with Gasteiger partial charge < -0.3 is 20.5 Å². The Hall–Kier alpha value is -4.05. The quantitative estimate of drug-likeness (QED) is 0.423. The number of hydrogen-bond acceptors (Lipinski definition) is 6. The Balaban J connectivity index is 1.60. The zero-order valence-corrected chi connectivity index (χ0v) is 21.0. The van der Waals surface area contributed by atoms with E-state index in [1.54, 1.807) is 12.1 Å². The fraction of sp³-hybridized carbons (Fsp3) is 0.320. The van der Waals surface area contributed by atoms with Crippen LogP contribution in [0.15, 0.2) is 42.6 Å². The van der Waals surface area contributed by atoms with Gasteiger partial charge in [0, 0.05) is 30.1 Å². The van der Waals surface area contributed by atoms with E-state index >= 15 is 0 Å². The Bertz CT molecular complexity index is 1520. The summed E-state index contributed by atoms with van der Waals surface area (Å²) in [5, 5.41) is 8.62. The molecule has 0 unspecified atom stereocenters. The van der Waals surface area contributed by atoms with Crippen LogP contribution in [0.4, 0.5) is 24.5 Å². The fourth-order valence-electron chi connectivity index (χ4n) is 4.13. The van der Waals surface area contributed by atoms with E-state index < -0.39 is 34.4 Å². The van der Waals surface area contributed by atoms with Crippen LogP contribution in [0.25, 0.3) is 10.9 Å². The van der Waals surface area contributed by atoms with Gasteiger partial charge in [-0.25, -0.2) is 13.4 Å². The molecule has 9 nitrogen and oxygen atoms in total. The molecule has 3 N–H and O–H groups in total. The van der Waals surface area contributed by atoms with Crippen molar-refractivity contribution >= 4 is 43.9 Å². The summed E-state index contributed by atoms with van der Waals surface area (Å²) in [5.74, 6) is 3.77. The minimum absolute atomic E-state index is 0.0129. The number of benzene rings is 1. The standard InChI is InChI=1S/C25H24F3N5O4S/c1-29-24(35)21-7-5-17(14-30-21)32-23(34)8-6-18-13-19-20(31-16-9-11-38(36,37)12-10-16)3-2-4-22(19)33(18)15-25(26,27)28/h2-5,7,13-14,16,31H,9-12,15H2,1H3,(H,29,35)(H,32,34). The minimum Gasteiger partial charge on any atom is -0.382 e. The summed E-state index contributed by atoms with van der Waals surface area (Å²) in [5.41, 5.74) is 1.22. The molecule has 4 rings (SSSR count). The highest BCUT2D eigenvalue weighted by Crippen LogP contribution is 2.31. The molecule has 3 aromatic rings. The predicted molar refractivity (Wildman–Crippen MR) is 136 cm³/mol. The molecule has 0 saturated carbocycles. The lowest BCUT2D eigenvalue weighted by Crippen LogP contribution is -2.32. The van der Waals surface area contributed by atoms with E-state index in [0.29, 0.717) is 23.9 Å². The largest absolute Gasteiger partial charge is 0.406 e. The van der Waals surface area contributed by atoms with E-state index in [0.717, 1.165) is 4.57 Å². The van der Waals surface area contributed by atoms with Crippen molar-refractivity contribution in [3.63, 3.8) is 0 Å². The number of hydrogen-bond donors (Lipinski definition) is 3. The summed E-state index contributed by atoms with van der Waals surface area (Å²) >= 11 is 0. The molecular formula is C25H24F3N5O4S. The van der Waals surface area contributed by atoms with Crippen molar-refractivity contribution in [3.05, 3.63) is 54.0 Å². The van der Waals surface area contributed by atoms with Crippen molar-refractivity contribution < 1.29 is 31.2 Å². The zero-order valence-electron chi connectivity index (χ0n) is 20.2. The molecule has 2 aromatic heterocycles. The molecule has 3 heterocycles. The summed E-state index contributed by atoms with van der Waals surface area (Å²) < 4.78 is 64.7. The Morgan fingerprint density at radius 3 is 2.53 bits per heavy atom. The van der Waals surface area contributed by atoms with Crippen LogP contribution in [0.5, 0.6) is 0 Å². The van der Waals surface area contributed by atoms with Crippen molar-refractivity contribution in [1.82, 2.24) is 14.9 Å². The Morgan fingerprint density at radius 1 is 1.16 bits per heavy atom. The van der Waals surface area contributed by atoms with Gasteiger partial charge in [-0.3, -0.25) is 9.59 Å². The number of carbonyl (C=O) groups is 2. The molecule has 0 aliphatic carbocycles. The maximum Gasteiger partial charge on any atom is 0.406 e. The van der Waals surface area contributed by atoms with Crippen molar-refractivity contribution in [2.45, 2.75) is 31.6 Å². The average Bonchev–Trinajstić information content (AvgIpc) is 3.20. The maximum atomic E-state index is 13.4. The topological polar surface area (TPSA) is 122 Å². The lowest BCUT2D eigenvalue weighted by Gasteiger charge is -2.24. The first-order valence-electron chi connectivity index (χ1n) is 11.6. The van der Waals surface area contributed by atoms with Crippen molar-refractivity contribution in [1.29, 1.82) is 0 Å². The van der Waals surface area contributed by atoms with E-state index in [9.17, 15) is 31.2 Å². The van der Waals surface area contributed by atoms with Crippen molar-refractivity contribution in [2.24, 2.45) is 0 Å². The summed E-state index contributed by atoms with van der Waals surface area (Å²) in [6.07, 6.45) is -2.48. The van der Waals surface area contributed by atoms with Crippen molar-refractivity contribution in [2.75, 3.05) is 29.2 Å². The third-order valence-electron chi connectivity index (χ3n) is 5.98. The molecule has 0 radical (unpaired) electrons. The number of amides is 2. The number of nitrogens with one attached hydrogen (secondary N) is 3. The highest BCUT2D eigenvalue weighted by Gasteiger charge is 2.30. The Labute approximate surface area is 216 Å². The fourth-order valence-corrected chi connectivity index (χ4v) is 5.62. The third-order valence-corrected chi connectivity index (χ3v) is 7.70. The second-order valence-corrected chi connectivity index (χ2v) is 11.1. The molecular weight excluding hydrogens is 523 g/mol. The van der Waals surface area contributed by atoms with Gasteiger partial charge in [0.25, 0.3) is 5.91 Å². The molecule has 0 spiro atoms. The molecule has 1 aliphatic heterocycles. The number of aromatic nitrogens is 2. The summed E-state index contributed by atoms with van der Waals surface area (Å²) in [6, 6.07) is 9.04.